The number of amides is 2. The molecule has 1 heterocycles. The van der Waals surface area contributed by atoms with Gasteiger partial charge in [-0.15, -0.1) is 0 Å². The van der Waals surface area contributed by atoms with Crippen LogP contribution in [0, 0.1) is 5.92 Å². The Kier molecular flexibility index (Phi) is 8.42. The van der Waals surface area contributed by atoms with Gasteiger partial charge >= 0.3 is 5.97 Å². The van der Waals surface area contributed by atoms with Crippen LogP contribution < -0.4 is 10.6 Å². The van der Waals surface area contributed by atoms with Crippen LogP contribution in [0.15, 0.2) is 24.5 Å². The average Bonchev–Trinajstić information content (AvgIpc) is 2.52. The van der Waals surface area contributed by atoms with Crippen molar-refractivity contribution in [1.82, 2.24) is 15.6 Å². The van der Waals surface area contributed by atoms with E-state index in [0.717, 1.165) is 5.56 Å². The molecule has 0 bridgehead atoms. The molecule has 0 aliphatic heterocycles. The Morgan fingerprint density at radius 2 is 1.96 bits per heavy atom. The van der Waals surface area contributed by atoms with Gasteiger partial charge in [-0.2, -0.15) is 0 Å². The van der Waals surface area contributed by atoms with Crippen LogP contribution in [0.2, 0.25) is 0 Å². The summed E-state index contributed by atoms with van der Waals surface area (Å²) < 4.78 is 5.00. The van der Waals surface area contributed by atoms with E-state index in [-0.39, 0.29) is 25.0 Å². The van der Waals surface area contributed by atoms with Crippen molar-refractivity contribution in [3.05, 3.63) is 30.1 Å². The van der Waals surface area contributed by atoms with E-state index in [2.05, 4.69) is 15.6 Å². The minimum absolute atomic E-state index is 0.130. The Balaban J connectivity index is 2.24. The van der Waals surface area contributed by atoms with Crippen molar-refractivity contribution >= 4 is 17.8 Å². The first kappa shape index (κ1) is 19.6. The van der Waals surface area contributed by atoms with E-state index >= 15 is 0 Å². The number of hydrogen-bond donors (Lipinski definition) is 3. The topological polar surface area (TPSA) is 118 Å². The fourth-order valence-electron chi connectivity index (χ4n) is 1.92. The maximum Gasteiger partial charge on any atom is 0.326 e. The van der Waals surface area contributed by atoms with Crippen molar-refractivity contribution in [2.75, 3.05) is 13.2 Å². The maximum atomic E-state index is 11.7. The molecule has 0 aromatic carbocycles. The molecule has 0 saturated carbocycles. The average molecular weight is 337 g/mol. The Morgan fingerprint density at radius 3 is 2.54 bits per heavy atom. The van der Waals surface area contributed by atoms with Crippen LogP contribution in [-0.4, -0.2) is 47.1 Å². The Bertz CT molecular complexity index is 548. The molecule has 0 aliphatic carbocycles. The maximum absolute atomic E-state index is 11.7. The number of ether oxygens (including phenoxy) is 1. The molecule has 2 amide bonds. The Morgan fingerprint density at radius 1 is 1.25 bits per heavy atom. The van der Waals surface area contributed by atoms with Crippen molar-refractivity contribution in [3.8, 4) is 0 Å². The first-order valence-corrected chi connectivity index (χ1v) is 7.64. The minimum Gasteiger partial charge on any atom is -0.480 e. The molecule has 0 radical (unpaired) electrons. The lowest BCUT2D eigenvalue weighted by molar-refractivity contribution is -0.143. The van der Waals surface area contributed by atoms with Crippen LogP contribution in [0.4, 0.5) is 0 Å². The van der Waals surface area contributed by atoms with Gasteiger partial charge < -0.3 is 20.5 Å². The van der Waals surface area contributed by atoms with Gasteiger partial charge in [0.15, 0.2) is 0 Å². The number of carbonyl (C=O) groups is 3. The summed E-state index contributed by atoms with van der Waals surface area (Å²) >= 11 is 0. The van der Waals surface area contributed by atoms with Crippen molar-refractivity contribution in [1.29, 1.82) is 0 Å². The molecule has 0 fully saturated rings. The van der Waals surface area contributed by atoms with E-state index in [4.69, 9.17) is 9.84 Å². The molecule has 0 aliphatic rings. The second kappa shape index (κ2) is 10.3. The zero-order chi connectivity index (χ0) is 17.9. The van der Waals surface area contributed by atoms with Gasteiger partial charge in [0.25, 0.3) is 0 Å². The SMILES string of the molecule is CC(C)C[C@@H](NC(=O)COCC(=O)NCc1cccnc1)C(=O)O. The lowest BCUT2D eigenvalue weighted by Gasteiger charge is -2.16. The number of nitrogens with one attached hydrogen (secondary N) is 2. The van der Waals surface area contributed by atoms with E-state index in [1.54, 1.807) is 18.5 Å². The van der Waals surface area contributed by atoms with Gasteiger partial charge in [-0.1, -0.05) is 19.9 Å². The summed E-state index contributed by atoms with van der Waals surface area (Å²) in [5, 5.41) is 14.0. The summed E-state index contributed by atoms with van der Waals surface area (Å²) in [6.45, 7) is 3.39. The molecule has 0 saturated heterocycles. The van der Waals surface area contributed by atoms with Crippen molar-refractivity contribution in [2.45, 2.75) is 32.9 Å². The molecule has 1 rings (SSSR count). The highest BCUT2D eigenvalue weighted by Crippen LogP contribution is 2.04. The molecule has 3 N–H and O–H groups in total. The fraction of sp³-hybridized carbons (Fsp3) is 0.500. The van der Waals surface area contributed by atoms with Gasteiger partial charge in [-0.25, -0.2) is 4.79 Å². The summed E-state index contributed by atoms with van der Waals surface area (Å²) in [5.74, 6) is -1.90. The zero-order valence-corrected chi connectivity index (χ0v) is 13.8. The van der Waals surface area contributed by atoms with E-state index in [1.165, 1.54) is 0 Å². The zero-order valence-electron chi connectivity index (χ0n) is 13.8. The first-order chi connectivity index (χ1) is 11.4. The minimum atomic E-state index is -1.09. The third kappa shape index (κ3) is 8.23. The molecule has 8 nitrogen and oxygen atoms in total. The number of aliphatic carboxylic acids is 1. The number of rotatable bonds is 10. The van der Waals surface area contributed by atoms with Gasteiger partial charge in [-0.3, -0.25) is 14.6 Å². The van der Waals surface area contributed by atoms with Crippen LogP contribution in [0.3, 0.4) is 0 Å². The molecule has 1 aromatic rings. The number of pyridine rings is 1. The van der Waals surface area contributed by atoms with Gasteiger partial charge in [0.2, 0.25) is 11.8 Å². The molecule has 24 heavy (non-hydrogen) atoms. The smallest absolute Gasteiger partial charge is 0.326 e. The van der Waals surface area contributed by atoms with Crippen LogP contribution in [-0.2, 0) is 25.7 Å². The number of carbonyl (C=O) groups excluding carboxylic acids is 2. The van der Waals surface area contributed by atoms with Crippen molar-refractivity contribution < 1.29 is 24.2 Å². The number of aromatic nitrogens is 1. The van der Waals surface area contributed by atoms with Gasteiger partial charge in [-0.05, 0) is 24.0 Å². The second-order valence-electron chi connectivity index (χ2n) is 5.72. The normalized spacial score (nSPS) is 11.8. The first-order valence-electron chi connectivity index (χ1n) is 7.64. The molecule has 8 heteroatoms. The highest BCUT2D eigenvalue weighted by Gasteiger charge is 2.21. The lowest BCUT2D eigenvalue weighted by Crippen LogP contribution is -2.43. The summed E-state index contributed by atoms with van der Waals surface area (Å²) in [6.07, 6.45) is 3.60. The molecule has 0 unspecified atom stereocenters. The predicted octanol–water partition coefficient (Wildman–Crippen LogP) is 0.330. The number of carboxylic acids is 1. The van der Waals surface area contributed by atoms with E-state index in [0.29, 0.717) is 13.0 Å². The number of hydrogen-bond acceptors (Lipinski definition) is 5. The van der Waals surface area contributed by atoms with Crippen LogP contribution >= 0.6 is 0 Å². The summed E-state index contributed by atoms with van der Waals surface area (Å²) in [4.78, 5) is 38.2. The molecular formula is C16H23N3O5. The van der Waals surface area contributed by atoms with E-state index < -0.39 is 17.9 Å². The highest BCUT2D eigenvalue weighted by atomic mass is 16.5. The van der Waals surface area contributed by atoms with Gasteiger partial charge in [0.05, 0.1) is 0 Å². The number of carboxylic acid groups (broad SMARTS) is 1. The second-order valence-corrected chi connectivity index (χ2v) is 5.72. The third-order valence-electron chi connectivity index (χ3n) is 3.02. The highest BCUT2D eigenvalue weighted by molar-refractivity contribution is 5.84. The standard InChI is InChI=1S/C16H23N3O5/c1-11(2)6-13(16(22)23)19-15(21)10-24-9-14(20)18-8-12-4-3-5-17-7-12/h3-5,7,11,13H,6,8-10H2,1-2H3,(H,18,20)(H,19,21)(H,22,23)/t13-/m1/s1. The van der Waals surface area contributed by atoms with Crippen LogP contribution in [0.5, 0.6) is 0 Å². The lowest BCUT2D eigenvalue weighted by atomic mass is 10.0. The predicted molar refractivity (Wildman–Crippen MR) is 85.9 cm³/mol. The van der Waals surface area contributed by atoms with E-state index in [1.807, 2.05) is 19.9 Å². The molecule has 132 valence electrons. The van der Waals surface area contributed by atoms with Crippen molar-refractivity contribution in [2.24, 2.45) is 5.92 Å². The number of nitrogens with zero attached hydrogens (tertiary/aromatic N) is 1. The summed E-state index contributed by atoms with van der Waals surface area (Å²) in [7, 11) is 0. The molecule has 1 aromatic heterocycles. The van der Waals surface area contributed by atoms with Crippen LogP contribution in [0.25, 0.3) is 0 Å². The monoisotopic (exact) mass is 337 g/mol. The Labute approximate surface area is 140 Å². The fourth-order valence-corrected chi connectivity index (χ4v) is 1.92. The van der Waals surface area contributed by atoms with Gasteiger partial charge in [0.1, 0.15) is 19.3 Å². The quantitative estimate of drug-likeness (QED) is 0.566. The largest absolute Gasteiger partial charge is 0.480 e. The Hall–Kier alpha value is -2.48. The van der Waals surface area contributed by atoms with E-state index in [9.17, 15) is 14.4 Å². The van der Waals surface area contributed by atoms with Crippen LogP contribution in [0.1, 0.15) is 25.8 Å². The summed E-state index contributed by atoms with van der Waals surface area (Å²) in [5.41, 5.74) is 0.849. The summed E-state index contributed by atoms with van der Waals surface area (Å²) in [6, 6.07) is 2.63. The molecular weight excluding hydrogens is 314 g/mol. The van der Waals surface area contributed by atoms with Crippen molar-refractivity contribution in [3.63, 3.8) is 0 Å². The van der Waals surface area contributed by atoms with Gasteiger partial charge in [0, 0.05) is 18.9 Å². The third-order valence-corrected chi connectivity index (χ3v) is 3.02. The molecule has 0 spiro atoms. The molecule has 1 atom stereocenters.